The van der Waals surface area contributed by atoms with Crippen molar-refractivity contribution in [3.8, 4) is 6.07 Å². The molecule has 0 spiro atoms. The molecule has 2 heterocycles. The lowest BCUT2D eigenvalue weighted by atomic mass is 9.97. The summed E-state index contributed by atoms with van der Waals surface area (Å²) in [5.41, 5.74) is 0.779. The van der Waals surface area contributed by atoms with Crippen LogP contribution in [0, 0.1) is 17.1 Å². The molecule has 0 aliphatic carbocycles. The van der Waals surface area contributed by atoms with E-state index in [0.29, 0.717) is 5.56 Å². The topological polar surface area (TPSA) is 53.6 Å². The summed E-state index contributed by atoms with van der Waals surface area (Å²) in [4.78, 5) is 0. The van der Waals surface area contributed by atoms with Gasteiger partial charge in [0.25, 0.3) is 0 Å². The molecule has 0 saturated carbocycles. The largest absolute Gasteiger partial charge is 0.362 e. The van der Waals surface area contributed by atoms with Crippen LogP contribution in [0.5, 0.6) is 0 Å². The van der Waals surface area contributed by atoms with Crippen molar-refractivity contribution in [1.29, 1.82) is 5.26 Å². The fraction of sp³-hybridized carbons (Fsp3) is 0.286. The number of fused-ring (bicyclic) bond motifs is 1. The van der Waals surface area contributed by atoms with Gasteiger partial charge in [0, 0.05) is 6.42 Å². The first-order valence-electron chi connectivity index (χ1n) is 6.46. The minimum absolute atomic E-state index is 0.0400. The number of alkyl halides is 3. The first-order chi connectivity index (χ1) is 10.4. The Morgan fingerprint density at radius 1 is 1.36 bits per heavy atom. The highest BCUT2D eigenvalue weighted by atomic mass is 35.5. The van der Waals surface area contributed by atoms with Crippen molar-refractivity contribution in [2.45, 2.75) is 23.9 Å². The SMILES string of the molecule is N#Cc1cnn2c1N[C@@H](c1ccc(F)cc1)C[C@@H]2C(F)(F)Cl. The van der Waals surface area contributed by atoms with Gasteiger partial charge in [-0.1, -0.05) is 12.1 Å². The molecule has 22 heavy (non-hydrogen) atoms. The van der Waals surface area contributed by atoms with Gasteiger partial charge >= 0.3 is 5.38 Å². The van der Waals surface area contributed by atoms with Crippen molar-refractivity contribution in [2.24, 2.45) is 0 Å². The Bertz CT molecular complexity index is 730. The van der Waals surface area contributed by atoms with Gasteiger partial charge in [0.2, 0.25) is 0 Å². The zero-order valence-corrected chi connectivity index (χ0v) is 11.9. The van der Waals surface area contributed by atoms with Gasteiger partial charge < -0.3 is 5.32 Å². The van der Waals surface area contributed by atoms with Crippen molar-refractivity contribution in [1.82, 2.24) is 9.78 Å². The first-order valence-corrected chi connectivity index (χ1v) is 6.84. The monoisotopic (exact) mass is 326 g/mol. The Morgan fingerprint density at radius 3 is 2.64 bits per heavy atom. The van der Waals surface area contributed by atoms with Crippen LogP contribution in [0.2, 0.25) is 0 Å². The van der Waals surface area contributed by atoms with Crippen molar-refractivity contribution >= 4 is 17.4 Å². The van der Waals surface area contributed by atoms with E-state index in [4.69, 9.17) is 16.9 Å². The molecule has 2 aromatic rings. The highest BCUT2D eigenvalue weighted by Gasteiger charge is 2.45. The van der Waals surface area contributed by atoms with Gasteiger partial charge in [-0.2, -0.15) is 19.1 Å². The molecule has 8 heteroatoms. The molecule has 0 radical (unpaired) electrons. The zero-order chi connectivity index (χ0) is 15.9. The number of anilines is 1. The van der Waals surface area contributed by atoms with Crippen molar-refractivity contribution in [3.63, 3.8) is 0 Å². The van der Waals surface area contributed by atoms with Gasteiger partial charge in [-0.3, -0.25) is 0 Å². The number of aromatic nitrogens is 2. The fourth-order valence-electron chi connectivity index (χ4n) is 2.56. The van der Waals surface area contributed by atoms with Crippen LogP contribution < -0.4 is 5.32 Å². The third-order valence-electron chi connectivity index (χ3n) is 3.63. The molecule has 0 fully saturated rings. The molecule has 1 aliphatic rings. The van der Waals surface area contributed by atoms with Crippen molar-refractivity contribution in [3.05, 3.63) is 47.4 Å². The Morgan fingerprint density at radius 2 is 2.05 bits per heavy atom. The quantitative estimate of drug-likeness (QED) is 0.853. The van der Waals surface area contributed by atoms with Crippen LogP contribution in [0.3, 0.4) is 0 Å². The standard InChI is InChI=1S/C14H10ClF3N4/c15-14(17,18)12-5-11(8-1-3-10(16)4-2-8)21-13-9(6-19)7-20-22(12)13/h1-4,7,11-12,21H,5H2/t11-,12-/m1/s1. The second-order valence-electron chi connectivity index (χ2n) is 5.00. The van der Waals surface area contributed by atoms with E-state index in [1.54, 1.807) is 0 Å². The summed E-state index contributed by atoms with van der Waals surface area (Å²) in [6.07, 6.45) is 1.17. The van der Waals surface area contributed by atoms with Gasteiger partial charge in [0.15, 0.2) is 0 Å². The maximum absolute atomic E-state index is 13.7. The highest BCUT2D eigenvalue weighted by molar-refractivity contribution is 6.22. The summed E-state index contributed by atoms with van der Waals surface area (Å²) in [6.45, 7) is 0. The van der Waals surface area contributed by atoms with E-state index in [1.807, 2.05) is 6.07 Å². The number of rotatable bonds is 2. The average Bonchev–Trinajstić information content (AvgIpc) is 2.88. The molecule has 0 bridgehead atoms. The number of nitrogens with zero attached hydrogens (tertiary/aromatic N) is 3. The molecule has 114 valence electrons. The molecule has 2 atom stereocenters. The lowest BCUT2D eigenvalue weighted by Crippen LogP contribution is -2.35. The Kier molecular flexibility index (Phi) is 3.49. The van der Waals surface area contributed by atoms with Gasteiger partial charge in [0.05, 0.1) is 12.2 Å². The van der Waals surface area contributed by atoms with Crippen LogP contribution in [-0.2, 0) is 0 Å². The number of hydrogen-bond acceptors (Lipinski definition) is 3. The van der Waals surface area contributed by atoms with Crippen molar-refractivity contribution in [2.75, 3.05) is 5.32 Å². The fourth-order valence-corrected chi connectivity index (χ4v) is 2.74. The third-order valence-corrected chi connectivity index (χ3v) is 3.88. The van der Waals surface area contributed by atoms with E-state index < -0.39 is 23.3 Å². The molecule has 1 aromatic heterocycles. The molecule has 1 aromatic carbocycles. The average molecular weight is 327 g/mol. The third kappa shape index (κ3) is 2.50. The molecular weight excluding hydrogens is 317 g/mol. The summed E-state index contributed by atoms with van der Waals surface area (Å²) in [5.74, 6) is -0.227. The maximum atomic E-state index is 13.7. The van der Waals surface area contributed by atoms with Crippen LogP contribution >= 0.6 is 11.6 Å². The summed E-state index contributed by atoms with van der Waals surface area (Å²) in [6, 6.07) is 5.49. The number of nitriles is 1. The molecule has 0 saturated heterocycles. The molecule has 3 rings (SSSR count). The van der Waals surface area contributed by atoms with Gasteiger partial charge in [-0.25, -0.2) is 9.07 Å². The molecule has 0 amide bonds. The predicted octanol–water partition coefficient (Wildman–Crippen LogP) is 3.82. The van der Waals surface area contributed by atoms with Crippen LogP contribution in [0.4, 0.5) is 19.0 Å². The number of halogens is 4. The van der Waals surface area contributed by atoms with Crippen molar-refractivity contribution < 1.29 is 13.2 Å². The lowest BCUT2D eigenvalue weighted by Gasteiger charge is -2.34. The van der Waals surface area contributed by atoms with E-state index in [2.05, 4.69) is 10.4 Å². The van der Waals surface area contributed by atoms with Crippen LogP contribution in [0.1, 0.15) is 29.6 Å². The van der Waals surface area contributed by atoms with Crippen LogP contribution in [0.25, 0.3) is 0 Å². The lowest BCUT2D eigenvalue weighted by molar-refractivity contribution is 0.0205. The zero-order valence-electron chi connectivity index (χ0n) is 11.1. The van der Waals surface area contributed by atoms with E-state index in [-0.39, 0.29) is 17.8 Å². The number of hydrogen-bond donors (Lipinski definition) is 1. The molecule has 1 aliphatic heterocycles. The summed E-state index contributed by atoms with van der Waals surface area (Å²) in [7, 11) is 0. The van der Waals surface area contributed by atoms with Crippen LogP contribution in [-0.4, -0.2) is 15.2 Å². The van der Waals surface area contributed by atoms with Gasteiger partial charge in [0.1, 0.15) is 29.3 Å². The van der Waals surface area contributed by atoms with E-state index >= 15 is 0 Å². The smallest absolute Gasteiger partial charge is 0.343 e. The summed E-state index contributed by atoms with van der Waals surface area (Å²) in [5, 5.41) is 12.4. The minimum atomic E-state index is -3.52. The van der Waals surface area contributed by atoms with Gasteiger partial charge in [-0.15, -0.1) is 0 Å². The first kappa shape index (κ1) is 14.7. The molecular formula is C14H10ClF3N4. The number of nitrogens with one attached hydrogen (secondary N) is 1. The number of benzene rings is 1. The predicted molar refractivity (Wildman–Crippen MR) is 74.2 cm³/mol. The molecule has 4 nitrogen and oxygen atoms in total. The Labute approximate surface area is 129 Å². The van der Waals surface area contributed by atoms with E-state index in [1.165, 1.54) is 30.5 Å². The van der Waals surface area contributed by atoms with E-state index in [9.17, 15) is 13.2 Å². The molecule has 0 unspecified atom stereocenters. The van der Waals surface area contributed by atoms with Gasteiger partial charge in [-0.05, 0) is 29.3 Å². The second-order valence-corrected chi connectivity index (χ2v) is 5.51. The Hall–Kier alpha value is -2.20. The Balaban J connectivity index is 2.03. The maximum Gasteiger partial charge on any atom is 0.343 e. The summed E-state index contributed by atoms with van der Waals surface area (Å²) >= 11 is 5.21. The van der Waals surface area contributed by atoms with E-state index in [0.717, 1.165) is 4.68 Å². The minimum Gasteiger partial charge on any atom is -0.362 e. The summed E-state index contributed by atoms with van der Waals surface area (Å²) < 4.78 is 41.4. The molecule has 1 N–H and O–H groups in total. The van der Waals surface area contributed by atoms with Crippen LogP contribution in [0.15, 0.2) is 30.5 Å². The highest BCUT2D eigenvalue weighted by Crippen LogP contribution is 2.45. The second kappa shape index (κ2) is 5.21. The normalized spacial score (nSPS) is 20.9.